The number of nitrogens with zero attached hydrogens (tertiary/aromatic N) is 3. The lowest BCUT2D eigenvalue weighted by atomic mass is 10.2. The van der Waals surface area contributed by atoms with E-state index in [2.05, 4.69) is 22.1 Å². The second-order valence-corrected chi connectivity index (χ2v) is 8.45. The quantitative estimate of drug-likeness (QED) is 0.320. The van der Waals surface area contributed by atoms with Crippen LogP contribution < -0.4 is 14.8 Å². The van der Waals surface area contributed by atoms with Crippen molar-refractivity contribution in [3.05, 3.63) is 85.1 Å². The predicted molar refractivity (Wildman–Crippen MR) is 136 cm³/mol. The summed E-state index contributed by atoms with van der Waals surface area (Å²) in [4.78, 5) is 12.9. The maximum absolute atomic E-state index is 12.9. The van der Waals surface area contributed by atoms with Gasteiger partial charge in [0.2, 0.25) is 5.91 Å². The van der Waals surface area contributed by atoms with E-state index in [0.717, 1.165) is 17.0 Å². The third-order valence-corrected chi connectivity index (χ3v) is 5.92. The number of allylic oxidation sites excluding steroid dienone is 4. The summed E-state index contributed by atoms with van der Waals surface area (Å²) in [5, 5.41) is 11.9. The molecule has 8 heteroatoms. The van der Waals surface area contributed by atoms with Gasteiger partial charge in [-0.2, -0.15) is 0 Å². The minimum Gasteiger partial charge on any atom is -0.497 e. The Kier molecular flexibility index (Phi) is 8.70. The highest BCUT2D eigenvalue weighted by atomic mass is 32.2. The number of ether oxygens (including phenoxy) is 2. The maximum Gasteiger partial charge on any atom is 0.237 e. The fraction of sp³-hybridized carbons (Fsp3) is 0.192. The average molecular weight is 477 g/mol. The van der Waals surface area contributed by atoms with Crippen molar-refractivity contribution in [3.8, 4) is 28.6 Å². The molecule has 1 atom stereocenters. The van der Waals surface area contributed by atoms with E-state index in [1.165, 1.54) is 11.8 Å². The second-order valence-electron chi connectivity index (χ2n) is 7.15. The Bertz CT molecular complexity index is 1200. The monoisotopic (exact) mass is 476 g/mol. The SMILES string of the molecule is C=CC=C(C=CC)NC(=O)C(C)Sc1nnc(-c2ccccc2OC)n1-c1ccc(OC)cc1. The molecule has 3 rings (SSSR count). The van der Waals surface area contributed by atoms with Crippen molar-refractivity contribution in [1.82, 2.24) is 20.1 Å². The van der Waals surface area contributed by atoms with Gasteiger partial charge in [0.1, 0.15) is 11.5 Å². The molecule has 3 aromatic rings. The van der Waals surface area contributed by atoms with E-state index < -0.39 is 5.25 Å². The maximum atomic E-state index is 12.9. The molecular weight excluding hydrogens is 448 g/mol. The molecule has 1 aromatic heterocycles. The van der Waals surface area contributed by atoms with Crippen molar-refractivity contribution < 1.29 is 14.3 Å². The highest BCUT2D eigenvalue weighted by molar-refractivity contribution is 8.00. The number of amides is 1. The van der Waals surface area contributed by atoms with Gasteiger partial charge in [-0.25, -0.2) is 0 Å². The molecule has 1 amide bonds. The van der Waals surface area contributed by atoms with Gasteiger partial charge in [-0.05, 0) is 62.4 Å². The predicted octanol–water partition coefficient (Wildman–Crippen LogP) is 5.19. The van der Waals surface area contributed by atoms with Crippen LogP contribution in [0.1, 0.15) is 13.8 Å². The van der Waals surface area contributed by atoms with Crippen molar-refractivity contribution in [2.75, 3.05) is 14.2 Å². The number of methoxy groups -OCH3 is 2. The van der Waals surface area contributed by atoms with Gasteiger partial charge in [0.15, 0.2) is 11.0 Å². The molecular formula is C26H28N4O3S. The molecule has 0 spiro atoms. The van der Waals surface area contributed by atoms with E-state index in [-0.39, 0.29) is 5.91 Å². The van der Waals surface area contributed by atoms with E-state index in [4.69, 9.17) is 9.47 Å². The average Bonchev–Trinajstić information content (AvgIpc) is 3.27. The third kappa shape index (κ3) is 5.77. The zero-order valence-electron chi connectivity index (χ0n) is 19.7. The molecule has 34 heavy (non-hydrogen) atoms. The van der Waals surface area contributed by atoms with Crippen molar-refractivity contribution in [2.24, 2.45) is 0 Å². The summed E-state index contributed by atoms with van der Waals surface area (Å²) in [6.07, 6.45) is 7.05. The highest BCUT2D eigenvalue weighted by Gasteiger charge is 2.23. The number of thioether (sulfide) groups is 1. The van der Waals surface area contributed by atoms with Crippen molar-refractivity contribution >= 4 is 17.7 Å². The smallest absolute Gasteiger partial charge is 0.237 e. The minimum atomic E-state index is -0.440. The molecule has 0 saturated carbocycles. The number of benzene rings is 2. The van der Waals surface area contributed by atoms with Gasteiger partial charge in [-0.3, -0.25) is 9.36 Å². The Morgan fingerprint density at radius 3 is 2.50 bits per heavy atom. The molecule has 1 unspecified atom stereocenters. The van der Waals surface area contributed by atoms with Gasteiger partial charge in [0.25, 0.3) is 0 Å². The number of rotatable bonds is 10. The first kappa shape index (κ1) is 24.9. The lowest BCUT2D eigenvalue weighted by Crippen LogP contribution is -2.30. The molecule has 0 aliphatic rings. The summed E-state index contributed by atoms with van der Waals surface area (Å²) in [7, 11) is 3.24. The zero-order valence-corrected chi connectivity index (χ0v) is 20.5. The topological polar surface area (TPSA) is 78.3 Å². The number of nitrogens with one attached hydrogen (secondary N) is 1. The van der Waals surface area contributed by atoms with Gasteiger partial charge in [0.05, 0.1) is 30.7 Å². The summed E-state index contributed by atoms with van der Waals surface area (Å²) in [6.45, 7) is 7.42. The Hall–Kier alpha value is -3.78. The molecule has 1 heterocycles. The number of aromatic nitrogens is 3. The largest absolute Gasteiger partial charge is 0.497 e. The van der Waals surface area contributed by atoms with Crippen molar-refractivity contribution in [3.63, 3.8) is 0 Å². The first-order valence-corrected chi connectivity index (χ1v) is 11.6. The van der Waals surface area contributed by atoms with E-state index >= 15 is 0 Å². The van der Waals surface area contributed by atoms with E-state index in [1.807, 2.05) is 79.1 Å². The van der Waals surface area contributed by atoms with Gasteiger partial charge in [-0.1, -0.05) is 42.6 Å². The summed E-state index contributed by atoms with van der Waals surface area (Å²) in [5.41, 5.74) is 2.30. The first-order chi connectivity index (χ1) is 16.5. The molecule has 2 aromatic carbocycles. The Morgan fingerprint density at radius 2 is 1.85 bits per heavy atom. The van der Waals surface area contributed by atoms with E-state index in [0.29, 0.717) is 22.4 Å². The molecule has 0 radical (unpaired) electrons. The summed E-state index contributed by atoms with van der Waals surface area (Å²) in [6, 6.07) is 15.2. The Balaban J connectivity index is 2.00. The summed E-state index contributed by atoms with van der Waals surface area (Å²) >= 11 is 1.32. The number of hydrogen-bond acceptors (Lipinski definition) is 6. The van der Waals surface area contributed by atoms with Crippen LogP contribution in [0.15, 0.2) is 90.3 Å². The van der Waals surface area contributed by atoms with Crippen LogP contribution in [0.3, 0.4) is 0 Å². The summed E-state index contributed by atoms with van der Waals surface area (Å²) < 4.78 is 12.8. The fourth-order valence-electron chi connectivity index (χ4n) is 3.22. The number of hydrogen-bond donors (Lipinski definition) is 1. The van der Waals surface area contributed by atoms with Crippen LogP contribution in [-0.4, -0.2) is 40.1 Å². The second kappa shape index (κ2) is 11.9. The number of carbonyl (C=O) groups is 1. The lowest BCUT2D eigenvalue weighted by molar-refractivity contribution is -0.119. The lowest BCUT2D eigenvalue weighted by Gasteiger charge is -2.15. The van der Waals surface area contributed by atoms with Crippen LogP contribution in [0.5, 0.6) is 11.5 Å². The Labute approximate surface area is 204 Å². The Morgan fingerprint density at radius 1 is 1.12 bits per heavy atom. The molecule has 176 valence electrons. The zero-order chi connectivity index (χ0) is 24.5. The van der Waals surface area contributed by atoms with Crippen LogP contribution in [0, 0.1) is 0 Å². The van der Waals surface area contributed by atoms with Crippen LogP contribution in [-0.2, 0) is 4.79 Å². The molecule has 0 saturated heterocycles. The van der Waals surface area contributed by atoms with Crippen LogP contribution in [0.25, 0.3) is 17.1 Å². The van der Waals surface area contributed by atoms with Crippen LogP contribution in [0.4, 0.5) is 0 Å². The van der Waals surface area contributed by atoms with Gasteiger partial charge < -0.3 is 14.8 Å². The van der Waals surface area contributed by atoms with Gasteiger partial charge in [0, 0.05) is 5.70 Å². The number of para-hydroxylation sites is 1. The van der Waals surface area contributed by atoms with Crippen LogP contribution in [0.2, 0.25) is 0 Å². The molecule has 0 fully saturated rings. The standard InChI is InChI=1S/C26H28N4O3S/c1-6-10-19(11-7-2)27-25(31)18(3)34-26-29-28-24(22-12-8-9-13-23(22)33-5)30(26)20-14-16-21(32-4)17-15-20/h6-18H,1H2,2-5H3,(H,27,31). The van der Waals surface area contributed by atoms with Gasteiger partial charge >= 0.3 is 0 Å². The van der Waals surface area contributed by atoms with Gasteiger partial charge in [-0.15, -0.1) is 10.2 Å². The molecule has 0 bridgehead atoms. The minimum absolute atomic E-state index is 0.153. The van der Waals surface area contributed by atoms with E-state index in [1.54, 1.807) is 26.4 Å². The number of carbonyl (C=O) groups excluding carboxylic acids is 1. The van der Waals surface area contributed by atoms with Crippen molar-refractivity contribution in [1.29, 1.82) is 0 Å². The molecule has 0 aliphatic heterocycles. The summed E-state index contributed by atoms with van der Waals surface area (Å²) in [5.74, 6) is 1.87. The molecule has 0 aliphatic carbocycles. The molecule has 1 N–H and O–H groups in total. The molecule has 7 nitrogen and oxygen atoms in total. The normalized spacial score (nSPS) is 12.4. The highest BCUT2D eigenvalue weighted by Crippen LogP contribution is 2.34. The van der Waals surface area contributed by atoms with Crippen LogP contribution >= 0.6 is 11.8 Å². The third-order valence-electron chi connectivity index (χ3n) is 4.87. The van der Waals surface area contributed by atoms with Crippen molar-refractivity contribution in [2.45, 2.75) is 24.3 Å². The van der Waals surface area contributed by atoms with E-state index in [9.17, 15) is 4.79 Å². The fourth-order valence-corrected chi connectivity index (χ4v) is 4.08. The first-order valence-electron chi connectivity index (χ1n) is 10.7.